The smallest absolute Gasteiger partial charge is 0.240 e. The molecule has 1 atom stereocenters. The predicted molar refractivity (Wildman–Crippen MR) is 108 cm³/mol. The second-order valence-corrected chi connectivity index (χ2v) is 7.52. The Morgan fingerprint density at radius 1 is 1.19 bits per heavy atom. The Morgan fingerprint density at radius 3 is 2.65 bits per heavy atom. The molecule has 2 aromatic carbocycles. The van der Waals surface area contributed by atoms with Crippen molar-refractivity contribution in [1.29, 1.82) is 0 Å². The van der Waals surface area contributed by atoms with Crippen molar-refractivity contribution in [3.8, 4) is 0 Å². The van der Waals surface area contributed by atoms with Gasteiger partial charge in [-0.2, -0.15) is 5.10 Å². The van der Waals surface area contributed by atoms with E-state index in [1.54, 1.807) is 18.3 Å². The van der Waals surface area contributed by atoms with E-state index in [-0.39, 0.29) is 18.2 Å². The molecule has 1 heterocycles. The number of hydrogen-bond acceptors (Lipinski definition) is 5. The Morgan fingerprint density at radius 2 is 1.92 bits per heavy atom. The van der Waals surface area contributed by atoms with Crippen LogP contribution in [0.25, 0.3) is 0 Å². The van der Waals surface area contributed by atoms with Gasteiger partial charge in [0, 0.05) is 16.6 Å². The molecule has 6 nitrogen and oxygen atoms in total. The van der Waals surface area contributed by atoms with Crippen molar-refractivity contribution in [2.75, 3.05) is 5.32 Å². The lowest BCUT2D eigenvalue weighted by Gasteiger charge is -2.07. The average Bonchev–Trinajstić information content (AvgIpc) is 2.97. The molecule has 0 radical (unpaired) electrons. The quantitative estimate of drug-likeness (QED) is 0.563. The Bertz CT molecular complexity index is 853. The second kappa shape index (κ2) is 8.77. The summed E-state index contributed by atoms with van der Waals surface area (Å²) < 4.78 is 0.929. The first-order valence-corrected chi connectivity index (χ1v) is 9.46. The molecule has 0 unspecified atom stereocenters. The van der Waals surface area contributed by atoms with Crippen LogP contribution in [0.4, 0.5) is 5.69 Å². The van der Waals surface area contributed by atoms with E-state index in [9.17, 15) is 9.59 Å². The van der Waals surface area contributed by atoms with E-state index in [0.29, 0.717) is 10.9 Å². The Kier molecular flexibility index (Phi) is 6.19. The SMILES string of the molecule is O=C(C[C@H]1S/C(=N/N=C/c2ccccc2)NC1=O)Nc1ccc(Br)cc1. The molecule has 3 rings (SSSR count). The fourth-order valence-electron chi connectivity index (χ4n) is 2.19. The molecule has 1 aliphatic rings. The lowest BCUT2D eigenvalue weighted by molar-refractivity contribution is -0.122. The highest BCUT2D eigenvalue weighted by Gasteiger charge is 2.32. The molecule has 2 aromatic rings. The number of hydrogen-bond donors (Lipinski definition) is 2. The number of amides is 2. The van der Waals surface area contributed by atoms with Crippen LogP contribution >= 0.6 is 27.7 Å². The minimum atomic E-state index is -0.517. The number of halogens is 1. The number of thioether (sulfide) groups is 1. The first kappa shape index (κ1) is 18.3. The highest BCUT2D eigenvalue weighted by Crippen LogP contribution is 2.23. The van der Waals surface area contributed by atoms with E-state index in [1.165, 1.54) is 11.8 Å². The molecule has 0 spiro atoms. The third-order valence-electron chi connectivity index (χ3n) is 3.43. The van der Waals surface area contributed by atoms with Gasteiger partial charge in [0.15, 0.2) is 5.17 Å². The molecule has 0 saturated carbocycles. The number of carbonyl (C=O) groups is 2. The molecule has 1 aliphatic heterocycles. The molecule has 132 valence electrons. The molecule has 0 aliphatic carbocycles. The van der Waals surface area contributed by atoms with Crippen LogP contribution in [0.3, 0.4) is 0 Å². The van der Waals surface area contributed by atoms with E-state index in [2.05, 4.69) is 36.8 Å². The minimum Gasteiger partial charge on any atom is -0.326 e. The maximum atomic E-state index is 12.1. The van der Waals surface area contributed by atoms with Crippen molar-refractivity contribution in [3.05, 3.63) is 64.6 Å². The van der Waals surface area contributed by atoms with Crippen molar-refractivity contribution in [2.24, 2.45) is 10.2 Å². The highest BCUT2D eigenvalue weighted by atomic mass is 79.9. The zero-order valence-corrected chi connectivity index (χ0v) is 16.0. The molecule has 8 heteroatoms. The first-order chi connectivity index (χ1) is 12.6. The van der Waals surface area contributed by atoms with Gasteiger partial charge in [0.25, 0.3) is 0 Å². The predicted octanol–water partition coefficient (Wildman–Crippen LogP) is 3.40. The Hall–Kier alpha value is -2.45. The number of nitrogens with one attached hydrogen (secondary N) is 2. The molecule has 26 heavy (non-hydrogen) atoms. The summed E-state index contributed by atoms with van der Waals surface area (Å²) in [5.41, 5.74) is 1.60. The van der Waals surface area contributed by atoms with Gasteiger partial charge in [0.05, 0.1) is 6.21 Å². The molecule has 1 fully saturated rings. The number of nitrogens with zero attached hydrogens (tertiary/aromatic N) is 2. The van der Waals surface area contributed by atoms with Crippen LogP contribution in [0.15, 0.2) is 69.3 Å². The Labute approximate surface area is 163 Å². The average molecular weight is 431 g/mol. The molecule has 1 saturated heterocycles. The van der Waals surface area contributed by atoms with Gasteiger partial charge < -0.3 is 10.6 Å². The fraction of sp³-hybridized carbons (Fsp3) is 0.111. The van der Waals surface area contributed by atoms with E-state index in [1.807, 2.05) is 42.5 Å². The van der Waals surface area contributed by atoms with Gasteiger partial charge in [-0.1, -0.05) is 58.0 Å². The van der Waals surface area contributed by atoms with Crippen molar-refractivity contribution in [2.45, 2.75) is 11.7 Å². The summed E-state index contributed by atoms with van der Waals surface area (Å²) in [6.45, 7) is 0. The summed E-state index contributed by atoms with van der Waals surface area (Å²) in [5, 5.41) is 13.3. The van der Waals surface area contributed by atoms with Gasteiger partial charge in [-0.15, -0.1) is 5.10 Å². The summed E-state index contributed by atoms with van der Waals surface area (Å²) >= 11 is 4.54. The number of benzene rings is 2. The maximum Gasteiger partial charge on any atom is 0.240 e. The molecule has 2 amide bonds. The van der Waals surface area contributed by atoms with Crippen molar-refractivity contribution in [1.82, 2.24) is 5.32 Å². The molecule has 0 aromatic heterocycles. The van der Waals surface area contributed by atoms with Gasteiger partial charge in [-0.3, -0.25) is 9.59 Å². The standard InChI is InChI=1S/C18H15BrN4O2S/c19-13-6-8-14(9-7-13)21-16(24)10-15-17(25)22-18(26-15)23-20-11-12-4-2-1-3-5-12/h1-9,11,15H,10H2,(H,21,24)(H,22,23,25)/b20-11+/t15-/m1/s1. The van der Waals surface area contributed by atoms with Gasteiger partial charge in [-0.25, -0.2) is 0 Å². The van der Waals surface area contributed by atoms with Crippen LogP contribution in [0.1, 0.15) is 12.0 Å². The summed E-state index contributed by atoms with van der Waals surface area (Å²) in [5.74, 6) is -0.469. The van der Waals surface area contributed by atoms with E-state index < -0.39 is 5.25 Å². The Balaban J connectivity index is 1.54. The highest BCUT2D eigenvalue weighted by molar-refractivity contribution is 9.10. The summed E-state index contributed by atoms with van der Waals surface area (Å²) in [4.78, 5) is 24.1. The summed E-state index contributed by atoms with van der Waals surface area (Å²) in [6.07, 6.45) is 1.67. The van der Waals surface area contributed by atoms with Gasteiger partial charge in [-0.05, 0) is 29.8 Å². The van der Waals surface area contributed by atoms with Crippen LogP contribution in [-0.4, -0.2) is 28.4 Å². The van der Waals surface area contributed by atoms with Crippen molar-refractivity contribution >= 4 is 56.6 Å². The maximum absolute atomic E-state index is 12.1. The first-order valence-electron chi connectivity index (χ1n) is 7.79. The number of anilines is 1. The normalized spacial score (nSPS) is 18.3. The van der Waals surface area contributed by atoms with Crippen molar-refractivity contribution < 1.29 is 9.59 Å². The second-order valence-electron chi connectivity index (χ2n) is 5.42. The molecule has 2 N–H and O–H groups in total. The number of rotatable bonds is 5. The third-order valence-corrected chi connectivity index (χ3v) is 5.03. The van der Waals surface area contributed by atoms with E-state index >= 15 is 0 Å². The summed E-state index contributed by atoms with van der Waals surface area (Å²) in [6, 6.07) is 16.8. The number of carbonyl (C=O) groups excluding carboxylic acids is 2. The van der Waals surface area contributed by atoms with Crippen molar-refractivity contribution in [3.63, 3.8) is 0 Å². The largest absolute Gasteiger partial charge is 0.326 e. The topological polar surface area (TPSA) is 82.9 Å². The molecular weight excluding hydrogens is 416 g/mol. The van der Waals surface area contributed by atoms with Crippen LogP contribution in [0, 0.1) is 0 Å². The zero-order chi connectivity index (χ0) is 18.4. The van der Waals surface area contributed by atoms with Gasteiger partial charge in [0.1, 0.15) is 5.25 Å². The fourth-order valence-corrected chi connectivity index (χ4v) is 3.38. The minimum absolute atomic E-state index is 0.0635. The van der Waals surface area contributed by atoms with Crippen LogP contribution in [-0.2, 0) is 9.59 Å². The van der Waals surface area contributed by atoms with Crippen LogP contribution in [0.2, 0.25) is 0 Å². The van der Waals surface area contributed by atoms with E-state index in [4.69, 9.17) is 0 Å². The summed E-state index contributed by atoms with van der Waals surface area (Å²) in [7, 11) is 0. The lowest BCUT2D eigenvalue weighted by atomic mass is 10.2. The molecule has 0 bridgehead atoms. The lowest BCUT2D eigenvalue weighted by Crippen LogP contribution is -2.28. The molecular formula is C18H15BrN4O2S. The zero-order valence-electron chi connectivity index (χ0n) is 13.6. The van der Waals surface area contributed by atoms with E-state index in [0.717, 1.165) is 10.0 Å². The van der Waals surface area contributed by atoms with Crippen LogP contribution in [0.5, 0.6) is 0 Å². The van der Waals surface area contributed by atoms with Gasteiger partial charge >= 0.3 is 0 Å². The van der Waals surface area contributed by atoms with Gasteiger partial charge in [0.2, 0.25) is 11.8 Å². The third kappa shape index (κ3) is 5.27. The van der Waals surface area contributed by atoms with Crippen LogP contribution < -0.4 is 10.6 Å². The monoisotopic (exact) mass is 430 g/mol. The number of amidine groups is 1.